The molecule has 0 aliphatic carbocycles. The average molecular weight is 402 g/mol. The molecule has 2 heterocycles. The zero-order valence-corrected chi connectivity index (χ0v) is 17.6. The van der Waals surface area contributed by atoms with Gasteiger partial charge in [-0.3, -0.25) is 14.7 Å². The van der Waals surface area contributed by atoms with E-state index in [0.29, 0.717) is 23.2 Å². The van der Waals surface area contributed by atoms with E-state index in [1.807, 2.05) is 43.3 Å². The molecule has 4 aromatic rings. The smallest absolute Gasteiger partial charge is 0.260 e. The maximum atomic E-state index is 13.5. The molecule has 1 amide bonds. The number of para-hydroxylation sites is 1. The van der Waals surface area contributed by atoms with Crippen molar-refractivity contribution in [3.05, 3.63) is 89.2 Å². The molecule has 0 aliphatic rings. The zero-order valence-electron chi connectivity index (χ0n) is 16.8. The summed E-state index contributed by atoms with van der Waals surface area (Å²) in [5, 5.41) is 0.712. The normalized spacial score (nSPS) is 11.2. The zero-order chi connectivity index (χ0) is 20.4. The van der Waals surface area contributed by atoms with Gasteiger partial charge in [0, 0.05) is 18.0 Å². The Morgan fingerprint density at radius 1 is 1.10 bits per heavy atom. The van der Waals surface area contributed by atoms with Crippen molar-refractivity contribution >= 4 is 32.6 Å². The Balaban J connectivity index is 1.81. The number of carbonyl (C=O) groups excluding carboxylic acids is 1. The minimum atomic E-state index is -0.0530. The highest BCUT2D eigenvalue weighted by atomic mass is 32.1. The molecular formula is C24H23N3OS. The van der Waals surface area contributed by atoms with E-state index >= 15 is 0 Å². The van der Waals surface area contributed by atoms with Gasteiger partial charge in [0.2, 0.25) is 0 Å². The molecule has 0 atom stereocenters. The summed E-state index contributed by atoms with van der Waals surface area (Å²) < 4.78 is 1.10. The first kappa shape index (κ1) is 19.3. The fraction of sp³-hybridized carbons (Fsp3) is 0.208. The molecule has 4 nitrogen and oxygen atoms in total. The molecule has 0 fully saturated rings. The Morgan fingerprint density at radius 2 is 1.93 bits per heavy atom. The quantitative estimate of drug-likeness (QED) is 0.414. The number of aromatic nitrogens is 2. The van der Waals surface area contributed by atoms with Crippen molar-refractivity contribution in [1.82, 2.24) is 9.97 Å². The van der Waals surface area contributed by atoms with Crippen LogP contribution in [0.25, 0.3) is 10.2 Å². The van der Waals surface area contributed by atoms with Crippen molar-refractivity contribution in [1.29, 1.82) is 0 Å². The number of hydrogen-bond donors (Lipinski definition) is 0. The summed E-state index contributed by atoms with van der Waals surface area (Å²) in [6.45, 7) is 6.75. The molecule has 2 aromatic carbocycles. The van der Waals surface area contributed by atoms with E-state index in [4.69, 9.17) is 4.98 Å². The Kier molecular flexibility index (Phi) is 5.41. The highest BCUT2D eigenvalue weighted by Crippen LogP contribution is 2.34. The molecule has 0 N–H and O–H groups in total. The van der Waals surface area contributed by atoms with Crippen LogP contribution in [0.2, 0.25) is 0 Å². The van der Waals surface area contributed by atoms with E-state index in [-0.39, 0.29) is 5.91 Å². The van der Waals surface area contributed by atoms with E-state index in [2.05, 4.69) is 37.0 Å². The van der Waals surface area contributed by atoms with Gasteiger partial charge < -0.3 is 0 Å². The second kappa shape index (κ2) is 8.13. The third-order valence-electron chi connectivity index (χ3n) is 4.87. The van der Waals surface area contributed by atoms with Crippen molar-refractivity contribution in [2.45, 2.75) is 33.2 Å². The summed E-state index contributed by atoms with van der Waals surface area (Å²) in [7, 11) is 0. The molecule has 0 saturated heterocycles. The molecule has 0 radical (unpaired) electrons. The van der Waals surface area contributed by atoms with Crippen LogP contribution in [-0.4, -0.2) is 15.9 Å². The summed E-state index contributed by atoms with van der Waals surface area (Å²) in [5.74, 6) is 0.315. The molecule has 5 heteroatoms. The molecule has 4 rings (SSSR count). The number of benzene rings is 2. The lowest BCUT2D eigenvalue weighted by atomic mass is 10.0. The number of rotatable bonds is 5. The van der Waals surface area contributed by atoms with Crippen molar-refractivity contribution in [3.8, 4) is 0 Å². The van der Waals surface area contributed by atoms with Gasteiger partial charge in [0.05, 0.1) is 16.8 Å². The van der Waals surface area contributed by atoms with Gasteiger partial charge in [0.25, 0.3) is 5.91 Å². The van der Waals surface area contributed by atoms with Gasteiger partial charge >= 0.3 is 0 Å². The number of pyridine rings is 1. The maximum Gasteiger partial charge on any atom is 0.260 e. The highest BCUT2D eigenvalue weighted by molar-refractivity contribution is 7.22. The van der Waals surface area contributed by atoms with Crippen LogP contribution in [0.4, 0.5) is 5.13 Å². The first-order valence-corrected chi connectivity index (χ1v) is 10.5. The number of nitrogens with zero attached hydrogens (tertiary/aromatic N) is 3. The number of thiazole rings is 1. The Morgan fingerprint density at radius 3 is 2.66 bits per heavy atom. The third-order valence-corrected chi connectivity index (χ3v) is 5.91. The summed E-state index contributed by atoms with van der Waals surface area (Å²) >= 11 is 1.56. The van der Waals surface area contributed by atoms with Crippen LogP contribution < -0.4 is 4.90 Å². The van der Waals surface area contributed by atoms with Gasteiger partial charge in [-0.25, -0.2) is 4.98 Å². The minimum Gasteiger partial charge on any atom is -0.279 e. The second-order valence-electron chi connectivity index (χ2n) is 7.47. The van der Waals surface area contributed by atoms with Crippen LogP contribution in [0.5, 0.6) is 0 Å². The van der Waals surface area contributed by atoms with Gasteiger partial charge in [0.15, 0.2) is 5.13 Å². The molecule has 0 unspecified atom stereocenters. The molecular weight excluding hydrogens is 378 g/mol. The van der Waals surface area contributed by atoms with Gasteiger partial charge in [-0.2, -0.15) is 0 Å². The Hall–Kier alpha value is -3.05. The maximum absolute atomic E-state index is 13.5. The molecule has 29 heavy (non-hydrogen) atoms. The topological polar surface area (TPSA) is 46.1 Å². The number of amides is 1. The van der Waals surface area contributed by atoms with Crippen molar-refractivity contribution in [2.75, 3.05) is 4.90 Å². The van der Waals surface area contributed by atoms with Crippen LogP contribution >= 0.6 is 11.3 Å². The largest absolute Gasteiger partial charge is 0.279 e. The number of anilines is 1. The molecule has 146 valence electrons. The van der Waals surface area contributed by atoms with Crippen LogP contribution in [0.1, 0.15) is 46.8 Å². The predicted octanol–water partition coefficient (Wildman–Crippen LogP) is 5.97. The number of hydrogen-bond acceptors (Lipinski definition) is 4. The number of aryl methyl sites for hydroxylation is 1. The molecule has 2 aromatic heterocycles. The van der Waals surface area contributed by atoms with Crippen molar-refractivity contribution in [3.63, 3.8) is 0 Å². The number of carbonyl (C=O) groups is 1. The standard InChI is InChI=1S/C24H23N3OS/c1-16(2)20-10-5-11-21-22(20)26-24(29-21)27(15-18-8-6-12-25-14-18)23(28)19-9-4-7-17(3)13-19/h4-14,16H,15H2,1-3H3. The fourth-order valence-corrected chi connectivity index (χ4v) is 4.37. The molecule has 0 spiro atoms. The first-order valence-electron chi connectivity index (χ1n) is 9.70. The summed E-state index contributed by atoms with van der Waals surface area (Å²) in [5.41, 5.74) is 4.88. The summed E-state index contributed by atoms with van der Waals surface area (Å²) in [6, 6.07) is 17.8. The Bertz CT molecular complexity index is 1150. The van der Waals surface area contributed by atoms with Gasteiger partial charge in [-0.1, -0.05) is 61.1 Å². The third kappa shape index (κ3) is 4.05. The molecule has 0 bridgehead atoms. The van der Waals surface area contributed by atoms with Crippen molar-refractivity contribution < 1.29 is 4.79 Å². The van der Waals surface area contributed by atoms with E-state index in [0.717, 1.165) is 21.3 Å². The SMILES string of the molecule is Cc1cccc(C(=O)N(Cc2cccnc2)c2nc3c(C(C)C)cccc3s2)c1. The lowest BCUT2D eigenvalue weighted by Gasteiger charge is -2.20. The van der Waals surface area contributed by atoms with E-state index in [9.17, 15) is 4.79 Å². The average Bonchev–Trinajstić information content (AvgIpc) is 3.16. The highest BCUT2D eigenvalue weighted by Gasteiger charge is 2.23. The van der Waals surface area contributed by atoms with Crippen molar-refractivity contribution in [2.24, 2.45) is 0 Å². The summed E-state index contributed by atoms with van der Waals surface area (Å²) in [4.78, 5) is 24.3. The van der Waals surface area contributed by atoms with E-state index in [1.54, 1.807) is 28.6 Å². The Labute approximate surface area is 174 Å². The lowest BCUT2D eigenvalue weighted by Crippen LogP contribution is -2.30. The molecule has 0 aliphatic heterocycles. The van der Waals surface area contributed by atoms with Crippen LogP contribution in [0, 0.1) is 6.92 Å². The van der Waals surface area contributed by atoms with E-state index in [1.165, 1.54) is 5.56 Å². The first-order chi connectivity index (χ1) is 14.0. The summed E-state index contributed by atoms with van der Waals surface area (Å²) in [6.07, 6.45) is 3.53. The monoisotopic (exact) mass is 401 g/mol. The predicted molar refractivity (Wildman–Crippen MR) is 120 cm³/mol. The van der Waals surface area contributed by atoms with Gasteiger partial charge in [-0.15, -0.1) is 0 Å². The molecule has 0 saturated carbocycles. The van der Waals surface area contributed by atoms with Gasteiger partial charge in [0.1, 0.15) is 0 Å². The van der Waals surface area contributed by atoms with Crippen LogP contribution in [0.3, 0.4) is 0 Å². The van der Waals surface area contributed by atoms with Crippen LogP contribution in [0.15, 0.2) is 67.0 Å². The number of fused-ring (bicyclic) bond motifs is 1. The fourth-order valence-electron chi connectivity index (χ4n) is 3.37. The lowest BCUT2D eigenvalue weighted by molar-refractivity contribution is 0.0985. The minimum absolute atomic E-state index is 0.0530. The second-order valence-corrected chi connectivity index (χ2v) is 8.48. The van der Waals surface area contributed by atoms with E-state index < -0.39 is 0 Å². The van der Waals surface area contributed by atoms with Gasteiger partial charge in [-0.05, 0) is 48.2 Å². The van der Waals surface area contributed by atoms with Crippen LogP contribution in [-0.2, 0) is 6.54 Å².